The van der Waals surface area contributed by atoms with E-state index >= 15 is 0 Å². The highest BCUT2D eigenvalue weighted by molar-refractivity contribution is 7.89. The van der Waals surface area contributed by atoms with Crippen molar-refractivity contribution in [1.82, 2.24) is 9.62 Å². The fraction of sp³-hybridized carbons (Fsp3) is 0.381. The minimum absolute atomic E-state index is 0.0106. The van der Waals surface area contributed by atoms with E-state index < -0.39 is 21.9 Å². The van der Waals surface area contributed by atoms with Crippen LogP contribution in [-0.4, -0.2) is 37.8 Å². The van der Waals surface area contributed by atoms with Gasteiger partial charge in [-0.3, -0.25) is 4.79 Å². The second-order valence-corrected chi connectivity index (χ2v) is 8.85. The zero-order valence-corrected chi connectivity index (χ0v) is 16.5. The number of carbonyl (C=O) groups is 1. The van der Waals surface area contributed by atoms with Crippen LogP contribution in [0.5, 0.6) is 0 Å². The molecule has 0 radical (unpaired) electrons. The van der Waals surface area contributed by atoms with Crippen molar-refractivity contribution in [3.8, 4) is 0 Å². The first-order valence-corrected chi connectivity index (χ1v) is 11.0. The van der Waals surface area contributed by atoms with Crippen molar-refractivity contribution >= 4 is 15.9 Å². The molecule has 0 saturated carbocycles. The average molecular weight is 405 g/mol. The lowest BCUT2D eigenvalue weighted by Crippen LogP contribution is -2.46. The van der Waals surface area contributed by atoms with Gasteiger partial charge in [0.2, 0.25) is 15.9 Å². The number of halogens is 1. The molecule has 3 rings (SSSR count). The van der Waals surface area contributed by atoms with Gasteiger partial charge in [-0.1, -0.05) is 30.3 Å². The number of rotatable bonds is 8. The lowest BCUT2D eigenvalue weighted by molar-refractivity contribution is -0.124. The number of sulfonamides is 1. The van der Waals surface area contributed by atoms with Gasteiger partial charge in [-0.2, -0.15) is 4.31 Å². The Morgan fingerprint density at radius 2 is 1.79 bits per heavy atom. The SMILES string of the molecule is O=C(NCCCCc1ccccc1)C1CCCN1S(=O)(=O)c1ccc(F)cc1. The Morgan fingerprint density at radius 3 is 2.50 bits per heavy atom. The fourth-order valence-electron chi connectivity index (χ4n) is 3.46. The first-order chi connectivity index (χ1) is 13.5. The third-order valence-electron chi connectivity index (χ3n) is 4.96. The van der Waals surface area contributed by atoms with E-state index in [2.05, 4.69) is 17.4 Å². The maximum atomic E-state index is 13.1. The van der Waals surface area contributed by atoms with E-state index in [-0.39, 0.29) is 10.8 Å². The maximum Gasteiger partial charge on any atom is 0.243 e. The molecular weight excluding hydrogens is 379 g/mol. The number of hydrogen-bond donors (Lipinski definition) is 1. The number of nitrogens with zero attached hydrogens (tertiary/aromatic N) is 1. The second kappa shape index (κ2) is 9.30. The molecule has 1 heterocycles. The minimum Gasteiger partial charge on any atom is -0.355 e. The molecule has 0 aliphatic carbocycles. The molecule has 1 saturated heterocycles. The molecule has 0 spiro atoms. The average Bonchev–Trinajstić information content (AvgIpc) is 3.20. The van der Waals surface area contributed by atoms with Crippen molar-refractivity contribution in [1.29, 1.82) is 0 Å². The molecule has 7 heteroatoms. The van der Waals surface area contributed by atoms with Gasteiger partial charge >= 0.3 is 0 Å². The summed E-state index contributed by atoms with van der Waals surface area (Å²) in [5, 5.41) is 2.87. The zero-order chi connectivity index (χ0) is 20.0. The van der Waals surface area contributed by atoms with Gasteiger partial charge in [0.15, 0.2) is 0 Å². The van der Waals surface area contributed by atoms with E-state index in [1.54, 1.807) is 0 Å². The summed E-state index contributed by atoms with van der Waals surface area (Å²) in [6.07, 6.45) is 3.86. The molecule has 2 aromatic carbocycles. The van der Waals surface area contributed by atoms with Gasteiger partial charge in [0.1, 0.15) is 11.9 Å². The summed E-state index contributed by atoms with van der Waals surface area (Å²) in [5.41, 5.74) is 1.26. The van der Waals surface area contributed by atoms with Gasteiger partial charge < -0.3 is 5.32 Å². The number of benzene rings is 2. The summed E-state index contributed by atoms with van der Waals surface area (Å²) >= 11 is 0. The monoisotopic (exact) mass is 404 g/mol. The molecule has 1 atom stereocenters. The highest BCUT2D eigenvalue weighted by Gasteiger charge is 2.39. The Hall–Kier alpha value is -2.25. The normalized spacial score (nSPS) is 17.5. The Morgan fingerprint density at radius 1 is 1.07 bits per heavy atom. The Labute approximate surface area is 165 Å². The third-order valence-corrected chi connectivity index (χ3v) is 6.88. The number of aryl methyl sites for hydroxylation is 1. The summed E-state index contributed by atoms with van der Waals surface area (Å²) in [6, 6.07) is 14.2. The number of hydrogen-bond acceptors (Lipinski definition) is 3. The molecule has 150 valence electrons. The smallest absolute Gasteiger partial charge is 0.243 e. The highest BCUT2D eigenvalue weighted by Crippen LogP contribution is 2.26. The van der Waals surface area contributed by atoms with Crippen LogP contribution in [0.4, 0.5) is 4.39 Å². The van der Waals surface area contributed by atoms with Crippen LogP contribution in [0.1, 0.15) is 31.2 Å². The van der Waals surface area contributed by atoms with Gasteiger partial charge in [-0.05, 0) is 61.9 Å². The topological polar surface area (TPSA) is 66.5 Å². The molecule has 1 fully saturated rings. The molecule has 28 heavy (non-hydrogen) atoms. The molecule has 2 aromatic rings. The van der Waals surface area contributed by atoms with Crippen LogP contribution >= 0.6 is 0 Å². The molecule has 1 unspecified atom stereocenters. The Kier molecular flexibility index (Phi) is 6.80. The van der Waals surface area contributed by atoms with Crippen LogP contribution in [0.3, 0.4) is 0 Å². The third kappa shape index (κ3) is 4.97. The van der Waals surface area contributed by atoms with Crippen molar-refractivity contribution in [3.63, 3.8) is 0 Å². The fourth-order valence-corrected chi connectivity index (χ4v) is 5.12. The van der Waals surface area contributed by atoms with E-state index in [1.165, 1.54) is 22.0 Å². The summed E-state index contributed by atoms with van der Waals surface area (Å²) in [7, 11) is -3.82. The summed E-state index contributed by atoms with van der Waals surface area (Å²) < 4.78 is 40.0. The quantitative estimate of drug-likeness (QED) is 0.688. The summed E-state index contributed by atoms with van der Waals surface area (Å²) in [6.45, 7) is 0.818. The first kappa shape index (κ1) is 20.5. The van der Waals surface area contributed by atoms with Gasteiger partial charge in [-0.25, -0.2) is 12.8 Å². The van der Waals surface area contributed by atoms with Crippen molar-refractivity contribution in [2.45, 2.75) is 43.0 Å². The second-order valence-electron chi connectivity index (χ2n) is 6.96. The molecule has 1 aliphatic rings. The molecule has 0 aromatic heterocycles. The predicted octanol–water partition coefficient (Wildman–Crippen LogP) is 3.12. The van der Waals surface area contributed by atoms with Crippen molar-refractivity contribution in [3.05, 3.63) is 66.0 Å². The van der Waals surface area contributed by atoms with Gasteiger partial charge in [-0.15, -0.1) is 0 Å². The van der Waals surface area contributed by atoms with Crippen LogP contribution in [-0.2, 0) is 21.2 Å². The van der Waals surface area contributed by atoms with Gasteiger partial charge in [0, 0.05) is 13.1 Å². The number of unbranched alkanes of at least 4 members (excludes halogenated alkanes) is 1. The largest absolute Gasteiger partial charge is 0.355 e. The number of nitrogens with one attached hydrogen (secondary N) is 1. The van der Waals surface area contributed by atoms with E-state index in [9.17, 15) is 17.6 Å². The van der Waals surface area contributed by atoms with Crippen LogP contribution in [0.25, 0.3) is 0 Å². The molecule has 5 nitrogen and oxygen atoms in total. The molecular formula is C21H25FN2O3S. The summed E-state index contributed by atoms with van der Waals surface area (Å²) in [4.78, 5) is 12.6. The summed E-state index contributed by atoms with van der Waals surface area (Å²) in [5.74, 6) is -0.756. The van der Waals surface area contributed by atoms with E-state index in [0.717, 1.165) is 31.4 Å². The molecule has 0 bridgehead atoms. The maximum absolute atomic E-state index is 13.1. The Bertz CT molecular complexity index is 886. The Balaban J connectivity index is 1.52. The standard InChI is InChI=1S/C21H25FN2O3S/c22-18-11-13-19(14-12-18)28(26,27)24-16-6-10-20(24)21(25)23-15-5-4-9-17-7-2-1-3-8-17/h1-3,7-8,11-14,20H,4-6,9-10,15-16H2,(H,23,25). The molecule has 1 amide bonds. The van der Waals surface area contributed by atoms with E-state index in [4.69, 9.17) is 0 Å². The highest BCUT2D eigenvalue weighted by atomic mass is 32.2. The van der Waals surface area contributed by atoms with Crippen molar-refractivity contribution in [2.75, 3.05) is 13.1 Å². The van der Waals surface area contributed by atoms with E-state index in [0.29, 0.717) is 25.9 Å². The van der Waals surface area contributed by atoms with Crippen LogP contribution in [0.2, 0.25) is 0 Å². The molecule has 1 aliphatic heterocycles. The first-order valence-electron chi connectivity index (χ1n) is 9.57. The lowest BCUT2D eigenvalue weighted by Gasteiger charge is -2.23. The lowest BCUT2D eigenvalue weighted by atomic mass is 10.1. The van der Waals surface area contributed by atoms with Crippen molar-refractivity contribution in [2.24, 2.45) is 0 Å². The van der Waals surface area contributed by atoms with E-state index in [1.807, 2.05) is 18.2 Å². The number of amides is 1. The van der Waals surface area contributed by atoms with Crippen LogP contribution < -0.4 is 5.32 Å². The van der Waals surface area contributed by atoms with Gasteiger partial charge in [0.05, 0.1) is 4.90 Å². The van der Waals surface area contributed by atoms with Gasteiger partial charge in [0.25, 0.3) is 0 Å². The predicted molar refractivity (Wildman–Crippen MR) is 106 cm³/mol. The zero-order valence-electron chi connectivity index (χ0n) is 15.7. The van der Waals surface area contributed by atoms with Crippen molar-refractivity contribution < 1.29 is 17.6 Å². The minimum atomic E-state index is -3.82. The molecule has 1 N–H and O–H groups in total. The number of carbonyl (C=O) groups excluding carboxylic acids is 1. The van der Waals surface area contributed by atoms with Crippen LogP contribution in [0.15, 0.2) is 59.5 Å². The van der Waals surface area contributed by atoms with Crippen LogP contribution in [0, 0.1) is 5.82 Å².